The molecule has 0 radical (unpaired) electrons. The average molecular weight is 397 g/mol. The van der Waals surface area contributed by atoms with E-state index in [0.717, 1.165) is 12.7 Å². The Morgan fingerprint density at radius 3 is 1.74 bits per heavy atom. The van der Waals surface area contributed by atoms with Crippen LogP contribution in [0.2, 0.25) is 65.0 Å². The minimum absolute atomic E-state index is 0.307. The van der Waals surface area contributed by atoms with Crippen LogP contribution in [0.25, 0.3) is 0 Å². The summed E-state index contributed by atoms with van der Waals surface area (Å²) < 4.78 is 30.4. The van der Waals surface area contributed by atoms with E-state index in [1.165, 1.54) is 0 Å². The van der Waals surface area contributed by atoms with E-state index in [1.807, 2.05) is 0 Å². The Hall–Kier alpha value is 0.668. The summed E-state index contributed by atoms with van der Waals surface area (Å²) in [6, 6.07) is 0.880. The standard InChI is InChI=1S/C14H36O5Si4/c1-20(2,3)16-10-11-17-23(9,13-14-12-15-14)19-22(7,8)18-21(4,5)6/h14H,10-13H2,1-9H3. The van der Waals surface area contributed by atoms with Crippen molar-refractivity contribution in [3.8, 4) is 0 Å². The highest BCUT2D eigenvalue weighted by molar-refractivity contribution is 6.86. The summed E-state index contributed by atoms with van der Waals surface area (Å²) in [5, 5.41) is 0. The summed E-state index contributed by atoms with van der Waals surface area (Å²) in [4.78, 5) is 0. The molecule has 0 bridgehead atoms. The molecule has 1 heterocycles. The van der Waals surface area contributed by atoms with Gasteiger partial charge in [0.1, 0.15) is 0 Å². The van der Waals surface area contributed by atoms with Gasteiger partial charge in [0.2, 0.25) is 0 Å². The van der Waals surface area contributed by atoms with Gasteiger partial charge in [0.25, 0.3) is 0 Å². The molecule has 0 spiro atoms. The zero-order valence-electron chi connectivity index (χ0n) is 16.4. The molecule has 1 saturated heterocycles. The molecule has 138 valence electrons. The summed E-state index contributed by atoms with van der Waals surface area (Å²) in [7, 11) is -7.63. The fourth-order valence-electron chi connectivity index (χ4n) is 2.61. The molecule has 0 saturated carbocycles. The highest BCUT2D eigenvalue weighted by Gasteiger charge is 2.46. The average Bonchev–Trinajstić information content (AvgIpc) is 3.02. The van der Waals surface area contributed by atoms with Crippen LogP contribution in [0.3, 0.4) is 0 Å². The Kier molecular flexibility index (Phi) is 7.47. The highest BCUT2D eigenvalue weighted by Crippen LogP contribution is 2.29. The van der Waals surface area contributed by atoms with Crippen molar-refractivity contribution in [3.05, 3.63) is 0 Å². The van der Waals surface area contributed by atoms with Crippen LogP contribution in [-0.4, -0.2) is 59.7 Å². The van der Waals surface area contributed by atoms with Gasteiger partial charge in [0, 0.05) is 6.04 Å². The quantitative estimate of drug-likeness (QED) is 0.301. The lowest BCUT2D eigenvalue weighted by Crippen LogP contribution is -2.54. The number of ether oxygens (including phenoxy) is 1. The normalized spacial score (nSPS) is 22.0. The van der Waals surface area contributed by atoms with Gasteiger partial charge in [-0.15, -0.1) is 0 Å². The van der Waals surface area contributed by atoms with Crippen LogP contribution < -0.4 is 0 Å². The summed E-state index contributed by atoms with van der Waals surface area (Å²) in [5.41, 5.74) is 0. The van der Waals surface area contributed by atoms with E-state index in [1.54, 1.807) is 0 Å². The molecule has 9 heteroatoms. The second-order valence-corrected chi connectivity index (χ2v) is 25.0. The van der Waals surface area contributed by atoms with Crippen molar-refractivity contribution < 1.29 is 21.8 Å². The van der Waals surface area contributed by atoms with E-state index in [2.05, 4.69) is 58.9 Å². The Labute approximate surface area is 146 Å². The highest BCUT2D eigenvalue weighted by atomic mass is 28.5. The van der Waals surface area contributed by atoms with Crippen molar-refractivity contribution in [2.24, 2.45) is 0 Å². The number of hydrogen-bond donors (Lipinski definition) is 0. The van der Waals surface area contributed by atoms with Crippen LogP contribution in [0.15, 0.2) is 0 Å². The van der Waals surface area contributed by atoms with Crippen molar-refractivity contribution in [1.82, 2.24) is 0 Å². The summed E-state index contributed by atoms with van der Waals surface area (Å²) in [5.74, 6) is 0. The second-order valence-electron chi connectivity index (χ2n) is 8.82. The smallest absolute Gasteiger partial charge is 0.328 e. The molecule has 1 aliphatic rings. The predicted molar refractivity (Wildman–Crippen MR) is 104 cm³/mol. The molecule has 0 aliphatic carbocycles. The first kappa shape index (κ1) is 21.7. The van der Waals surface area contributed by atoms with E-state index in [0.29, 0.717) is 19.3 Å². The maximum Gasteiger partial charge on any atom is 0.328 e. The molecule has 0 aromatic heterocycles. The molecular weight excluding hydrogens is 360 g/mol. The summed E-state index contributed by atoms with van der Waals surface area (Å²) in [6.45, 7) is 21.7. The molecule has 5 nitrogen and oxygen atoms in total. The molecule has 23 heavy (non-hydrogen) atoms. The first-order valence-electron chi connectivity index (χ1n) is 8.50. The van der Waals surface area contributed by atoms with Crippen LogP contribution in [0.4, 0.5) is 0 Å². The largest absolute Gasteiger partial charge is 0.437 e. The van der Waals surface area contributed by atoms with Gasteiger partial charge in [-0.05, 0) is 58.9 Å². The fraction of sp³-hybridized carbons (Fsp3) is 1.00. The summed E-state index contributed by atoms with van der Waals surface area (Å²) in [6.07, 6.45) is 0.307. The third kappa shape index (κ3) is 11.0. The fourth-order valence-corrected chi connectivity index (χ4v) is 16.2. The second kappa shape index (κ2) is 7.92. The molecule has 1 fully saturated rings. The van der Waals surface area contributed by atoms with Crippen LogP contribution in [-0.2, 0) is 21.8 Å². The molecule has 1 rings (SSSR count). The maximum atomic E-state index is 6.53. The molecule has 0 aromatic rings. The Bertz CT molecular complexity index is 376. The third-order valence-electron chi connectivity index (χ3n) is 3.04. The van der Waals surface area contributed by atoms with Crippen molar-refractivity contribution in [2.45, 2.75) is 71.1 Å². The lowest BCUT2D eigenvalue weighted by Gasteiger charge is -2.38. The van der Waals surface area contributed by atoms with Crippen LogP contribution in [0, 0.1) is 0 Å². The SMILES string of the molecule is C[Si](C)(C)OCCO[Si](C)(CC1CO1)O[Si](C)(C)O[Si](C)(C)C. The zero-order chi connectivity index (χ0) is 17.9. The van der Waals surface area contributed by atoms with E-state index in [4.69, 9.17) is 21.8 Å². The van der Waals surface area contributed by atoms with Crippen LogP contribution >= 0.6 is 0 Å². The summed E-state index contributed by atoms with van der Waals surface area (Å²) >= 11 is 0. The van der Waals surface area contributed by atoms with E-state index < -0.39 is 33.8 Å². The maximum absolute atomic E-state index is 6.53. The molecule has 0 aromatic carbocycles. The van der Waals surface area contributed by atoms with E-state index in [-0.39, 0.29) is 0 Å². The predicted octanol–water partition coefficient (Wildman–Crippen LogP) is 3.90. The lowest BCUT2D eigenvalue weighted by molar-refractivity contribution is 0.169. The van der Waals surface area contributed by atoms with Gasteiger partial charge < -0.3 is 21.8 Å². The molecular formula is C14H36O5Si4. The lowest BCUT2D eigenvalue weighted by atomic mass is 10.6. The van der Waals surface area contributed by atoms with Gasteiger partial charge in [0.05, 0.1) is 25.9 Å². The topological polar surface area (TPSA) is 49.5 Å². The van der Waals surface area contributed by atoms with Crippen molar-refractivity contribution in [2.75, 3.05) is 19.8 Å². The number of hydrogen-bond acceptors (Lipinski definition) is 5. The van der Waals surface area contributed by atoms with Gasteiger partial charge in [-0.3, -0.25) is 0 Å². The van der Waals surface area contributed by atoms with Gasteiger partial charge >= 0.3 is 17.1 Å². The van der Waals surface area contributed by atoms with E-state index >= 15 is 0 Å². The van der Waals surface area contributed by atoms with Crippen molar-refractivity contribution >= 4 is 33.8 Å². The molecule has 2 atom stereocenters. The Morgan fingerprint density at radius 1 is 0.783 bits per heavy atom. The minimum atomic E-state index is -2.31. The Balaban J connectivity index is 2.58. The van der Waals surface area contributed by atoms with E-state index in [9.17, 15) is 0 Å². The molecule has 1 aliphatic heterocycles. The first-order valence-corrected chi connectivity index (χ1v) is 20.7. The molecule has 0 amide bonds. The van der Waals surface area contributed by atoms with Gasteiger partial charge in [-0.2, -0.15) is 0 Å². The van der Waals surface area contributed by atoms with Crippen molar-refractivity contribution in [1.29, 1.82) is 0 Å². The molecule has 0 N–H and O–H groups in total. The third-order valence-corrected chi connectivity index (χ3v) is 14.2. The van der Waals surface area contributed by atoms with Gasteiger partial charge in [-0.1, -0.05) is 0 Å². The van der Waals surface area contributed by atoms with Gasteiger partial charge in [0.15, 0.2) is 16.6 Å². The van der Waals surface area contributed by atoms with Gasteiger partial charge in [-0.25, -0.2) is 0 Å². The van der Waals surface area contributed by atoms with Crippen LogP contribution in [0.5, 0.6) is 0 Å². The zero-order valence-corrected chi connectivity index (χ0v) is 20.4. The van der Waals surface area contributed by atoms with Crippen molar-refractivity contribution in [3.63, 3.8) is 0 Å². The first-order chi connectivity index (χ1) is 10.2. The number of epoxide rings is 1. The number of rotatable bonds is 11. The molecule has 2 unspecified atom stereocenters. The Morgan fingerprint density at radius 2 is 1.30 bits per heavy atom. The minimum Gasteiger partial charge on any atom is -0.437 e. The monoisotopic (exact) mass is 396 g/mol. The van der Waals surface area contributed by atoms with Crippen LogP contribution in [0.1, 0.15) is 0 Å².